The van der Waals surface area contributed by atoms with Gasteiger partial charge in [0.1, 0.15) is 0 Å². The van der Waals surface area contributed by atoms with Crippen molar-refractivity contribution in [1.82, 2.24) is 9.55 Å². The summed E-state index contributed by atoms with van der Waals surface area (Å²) in [5, 5.41) is 0. The van der Waals surface area contributed by atoms with Crippen LogP contribution in [0, 0.1) is 5.41 Å². The molecule has 0 aliphatic heterocycles. The van der Waals surface area contributed by atoms with Crippen LogP contribution in [0.3, 0.4) is 0 Å². The first-order valence-corrected chi connectivity index (χ1v) is 6.03. The fourth-order valence-electron chi connectivity index (χ4n) is 2.50. The van der Waals surface area contributed by atoms with Gasteiger partial charge < -0.3 is 16.0 Å². The molecule has 1 aliphatic carbocycles. The number of hydrogen-bond donors (Lipinski definition) is 2. The predicted molar refractivity (Wildman–Crippen MR) is 68.4 cm³/mol. The van der Waals surface area contributed by atoms with Crippen LogP contribution < -0.4 is 11.5 Å². The second kappa shape index (κ2) is 3.55. The van der Waals surface area contributed by atoms with E-state index in [-0.39, 0.29) is 11.5 Å². The van der Waals surface area contributed by atoms with Crippen LogP contribution in [0.4, 0.5) is 0 Å². The van der Waals surface area contributed by atoms with E-state index in [2.05, 4.69) is 23.2 Å². The minimum atomic E-state index is 0.0407. The lowest BCUT2D eigenvalue weighted by molar-refractivity contribution is 0.419. The normalized spacial score (nSPS) is 19.5. The molecule has 1 fully saturated rings. The average molecular weight is 230 g/mol. The molecule has 2 aromatic rings. The second-order valence-electron chi connectivity index (χ2n) is 5.15. The van der Waals surface area contributed by atoms with Crippen LogP contribution in [-0.4, -0.2) is 16.1 Å². The molecule has 4 heteroatoms. The number of hydrogen-bond acceptors (Lipinski definition) is 3. The Morgan fingerprint density at radius 3 is 2.88 bits per heavy atom. The van der Waals surface area contributed by atoms with Crippen molar-refractivity contribution in [3.05, 3.63) is 30.1 Å². The van der Waals surface area contributed by atoms with Gasteiger partial charge >= 0.3 is 0 Å². The van der Waals surface area contributed by atoms with Gasteiger partial charge in [0, 0.05) is 18.5 Å². The SMILES string of the molecule is Cn1cnc2cc(C(N)C3(CN)CC3)ccc21. The molecule has 17 heavy (non-hydrogen) atoms. The van der Waals surface area contributed by atoms with Crippen LogP contribution in [0.2, 0.25) is 0 Å². The van der Waals surface area contributed by atoms with Gasteiger partial charge in [-0.15, -0.1) is 0 Å². The van der Waals surface area contributed by atoms with E-state index in [9.17, 15) is 0 Å². The molecule has 1 heterocycles. The van der Waals surface area contributed by atoms with Crippen molar-refractivity contribution in [1.29, 1.82) is 0 Å². The molecule has 0 spiro atoms. The van der Waals surface area contributed by atoms with Crippen LogP contribution in [0.15, 0.2) is 24.5 Å². The number of nitrogens with two attached hydrogens (primary N) is 2. The van der Waals surface area contributed by atoms with E-state index in [1.807, 2.05) is 17.9 Å². The summed E-state index contributed by atoms with van der Waals surface area (Å²) in [5.41, 5.74) is 15.6. The largest absolute Gasteiger partial charge is 0.334 e. The zero-order valence-electron chi connectivity index (χ0n) is 10.1. The van der Waals surface area contributed by atoms with Gasteiger partial charge in [-0.2, -0.15) is 0 Å². The highest BCUT2D eigenvalue weighted by Crippen LogP contribution is 2.53. The standard InChI is InChI=1S/C13H18N4/c1-17-8-16-10-6-9(2-3-11(10)17)12(15)13(7-14)4-5-13/h2-3,6,8,12H,4-5,7,14-15H2,1H3. The van der Waals surface area contributed by atoms with E-state index in [0.717, 1.165) is 29.4 Å². The summed E-state index contributed by atoms with van der Waals surface area (Å²) in [4.78, 5) is 4.37. The average Bonchev–Trinajstić information content (AvgIpc) is 3.08. The lowest BCUT2D eigenvalue weighted by Crippen LogP contribution is -2.29. The first-order valence-electron chi connectivity index (χ1n) is 6.03. The van der Waals surface area contributed by atoms with E-state index in [0.29, 0.717) is 6.54 Å². The summed E-state index contributed by atoms with van der Waals surface area (Å²) in [7, 11) is 2.00. The van der Waals surface area contributed by atoms with Gasteiger partial charge in [0.05, 0.1) is 17.4 Å². The zero-order chi connectivity index (χ0) is 12.0. The predicted octanol–water partition coefficient (Wildman–Crippen LogP) is 1.31. The number of benzene rings is 1. The molecular formula is C13H18N4. The first-order chi connectivity index (χ1) is 8.16. The number of imidazole rings is 1. The van der Waals surface area contributed by atoms with Crippen LogP contribution in [-0.2, 0) is 7.05 Å². The van der Waals surface area contributed by atoms with Crippen molar-refractivity contribution in [3.8, 4) is 0 Å². The van der Waals surface area contributed by atoms with Crippen LogP contribution in [0.25, 0.3) is 11.0 Å². The molecule has 1 aliphatic rings. The Bertz CT molecular complexity index is 554. The molecule has 1 aromatic carbocycles. The van der Waals surface area contributed by atoms with Crippen molar-refractivity contribution in [2.45, 2.75) is 18.9 Å². The van der Waals surface area contributed by atoms with Gasteiger partial charge in [0.25, 0.3) is 0 Å². The molecule has 90 valence electrons. The lowest BCUT2D eigenvalue weighted by Gasteiger charge is -2.21. The Hall–Kier alpha value is -1.39. The molecule has 3 rings (SSSR count). The molecule has 0 bridgehead atoms. The van der Waals surface area contributed by atoms with Gasteiger partial charge in [-0.3, -0.25) is 0 Å². The van der Waals surface area contributed by atoms with E-state index in [1.54, 1.807) is 0 Å². The zero-order valence-corrected chi connectivity index (χ0v) is 10.1. The fourth-order valence-corrected chi connectivity index (χ4v) is 2.50. The number of nitrogens with zero attached hydrogens (tertiary/aromatic N) is 2. The maximum atomic E-state index is 6.33. The molecule has 1 saturated carbocycles. The molecule has 0 saturated heterocycles. The Kier molecular flexibility index (Phi) is 2.24. The maximum Gasteiger partial charge on any atom is 0.0955 e. The highest BCUT2D eigenvalue weighted by Gasteiger charge is 2.47. The summed E-state index contributed by atoms with van der Waals surface area (Å²) < 4.78 is 2.01. The smallest absolute Gasteiger partial charge is 0.0955 e. The summed E-state index contributed by atoms with van der Waals surface area (Å²) in [6, 6.07) is 6.32. The van der Waals surface area contributed by atoms with Crippen molar-refractivity contribution in [2.75, 3.05) is 6.54 Å². The molecule has 4 N–H and O–H groups in total. The van der Waals surface area contributed by atoms with Crippen LogP contribution in [0.5, 0.6) is 0 Å². The van der Waals surface area contributed by atoms with Gasteiger partial charge in [-0.25, -0.2) is 4.98 Å². The Morgan fingerprint density at radius 2 is 2.24 bits per heavy atom. The Balaban J connectivity index is 2.00. The number of rotatable bonds is 3. The van der Waals surface area contributed by atoms with E-state index < -0.39 is 0 Å². The molecule has 1 unspecified atom stereocenters. The molecular weight excluding hydrogens is 212 g/mol. The third kappa shape index (κ3) is 1.56. The van der Waals surface area contributed by atoms with Gasteiger partial charge in [0.15, 0.2) is 0 Å². The van der Waals surface area contributed by atoms with E-state index in [1.165, 1.54) is 0 Å². The molecule has 4 nitrogen and oxygen atoms in total. The summed E-state index contributed by atoms with van der Waals surface area (Å²) in [5.74, 6) is 0. The van der Waals surface area contributed by atoms with Crippen molar-refractivity contribution >= 4 is 11.0 Å². The van der Waals surface area contributed by atoms with Gasteiger partial charge in [-0.05, 0) is 37.1 Å². The van der Waals surface area contributed by atoms with Gasteiger partial charge in [-0.1, -0.05) is 6.07 Å². The first kappa shape index (κ1) is 10.7. The lowest BCUT2D eigenvalue weighted by atomic mass is 9.91. The minimum absolute atomic E-state index is 0.0407. The van der Waals surface area contributed by atoms with Crippen LogP contribution in [0.1, 0.15) is 24.4 Å². The van der Waals surface area contributed by atoms with Gasteiger partial charge in [0.2, 0.25) is 0 Å². The molecule has 0 radical (unpaired) electrons. The summed E-state index contributed by atoms with van der Waals surface area (Å²) in [6.07, 6.45) is 4.12. The van der Waals surface area contributed by atoms with Crippen molar-refractivity contribution in [3.63, 3.8) is 0 Å². The maximum absolute atomic E-state index is 6.33. The van der Waals surface area contributed by atoms with Crippen LogP contribution >= 0.6 is 0 Å². The monoisotopic (exact) mass is 230 g/mol. The van der Waals surface area contributed by atoms with E-state index >= 15 is 0 Å². The van der Waals surface area contributed by atoms with E-state index in [4.69, 9.17) is 11.5 Å². The topological polar surface area (TPSA) is 69.9 Å². The molecule has 1 atom stereocenters. The molecule has 0 amide bonds. The number of aryl methyl sites for hydroxylation is 1. The van der Waals surface area contributed by atoms with Crippen molar-refractivity contribution in [2.24, 2.45) is 23.9 Å². The summed E-state index contributed by atoms with van der Waals surface area (Å²) >= 11 is 0. The minimum Gasteiger partial charge on any atom is -0.334 e. The summed E-state index contributed by atoms with van der Waals surface area (Å²) in [6.45, 7) is 0.675. The number of fused-ring (bicyclic) bond motifs is 1. The third-order valence-electron chi connectivity index (χ3n) is 4.07. The quantitative estimate of drug-likeness (QED) is 0.835. The second-order valence-corrected chi connectivity index (χ2v) is 5.15. The fraction of sp³-hybridized carbons (Fsp3) is 0.462. The highest BCUT2D eigenvalue weighted by atomic mass is 15.0. The number of aromatic nitrogens is 2. The third-order valence-corrected chi connectivity index (χ3v) is 4.07. The van der Waals surface area contributed by atoms with Crippen molar-refractivity contribution < 1.29 is 0 Å². The Labute approximate surface area is 101 Å². The highest BCUT2D eigenvalue weighted by molar-refractivity contribution is 5.76. The molecule has 1 aromatic heterocycles. The Morgan fingerprint density at radius 1 is 1.47 bits per heavy atom.